The van der Waals surface area contributed by atoms with Crippen molar-refractivity contribution in [1.29, 1.82) is 0 Å². The van der Waals surface area contributed by atoms with Gasteiger partial charge >= 0.3 is 0 Å². The van der Waals surface area contributed by atoms with Gasteiger partial charge < -0.3 is 34.0 Å². The van der Waals surface area contributed by atoms with E-state index in [1.807, 2.05) is 207 Å². The Morgan fingerprint density at radius 2 is 0.557 bits per heavy atom. The van der Waals surface area contributed by atoms with Gasteiger partial charge in [-0.3, -0.25) is 39.3 Å². The molecule has 0 spiro atoms. The zero-order chi connectivity index (χ0) is 104. The van der Waals surface area contributed by atoms with Crippen LogP contribution in [0.25, 0.3) is 140 Å². The number of benzene rings is 14. The van der Waals surface area contributed by atoms with E-state index in [4.69, 9.17) is 25.3 Å². The summed E-state index contributed by atoms with van der Waals surface area (Å²) in [6.45, 7) is 35.6. The smallest absolute Gasteiger partial charge is 0.155 e. The molecule has 0 aliphatic carbocycles. The molecule has 3 radical (unpaired) electrons. The van der Waals surface area contributed by atoms with Crippen molar-refractivity contribution in [3.05, 3.63) is 476 Å². The summed E-state index contributed by atoms with van der Waals surface area (Å²) in [7, 11) is 0. The van der Waals surface area contributed by atoms with Gasteiger partial charge in [0.2, 0.25) is 0 Å². The third-order valence-electron chi connectivity index (χ3n) is 23.4. The van der Waals surface area contributed by atoms with Crippen molar-refractivity contribution in [3.63, 3.8) is 0 Å². The van der Waals surface area contributed by atoms with E-state index < -0.39 is 0 Å². The van der Waals surface area contributed by atoms with Gasteiger partial charge in [-0.2, -0.15) is 0 Å². The van der Waals surface area contributed by atoms with Crippen LogP contribution >= 0.6 is 0 Å². The molecule has 15 nitrogen and oxygen atoms in total. The van der Waals surface area contributed by atoms with Gasteiger partial charge in [-0.25, -0.2) is 0 Å². The van der Waals surface area contributed by atoms with Crippen LogP contribution in [0.3, 0.4) is 0 Å². The molecule has 3 N–H and O–H groups in total. The number of hydrogen-bond donors (Lipinski definition) is 3. The molecule has 0 aliphatic heterocycles. The fourth-order valence-electron chi connectivity index (χ4n) is 16.8. The van der Waals surface area contributed by atoms with Gasteiger partial charge in [0.25, 0.3) is 0 Å². The van der Waals surface area contributed by atoms with Gasteiger partial charge in [-0.05, 0) is 192 Å². The molecule has 0 saturated heterocycles. The largest absolute Gasteiger partial charge is 0.512 e. The summed E-state index contributed by atoms with van der Waals surface area (Å²) in [4.78, 5) is 58.3. The van der Waals surface area contributed by atoms with E-state index in [0.29, 0.717) is 35.5 Å². The molecule has 0 atom stereocenters. The van der Waals surface area contributed by atoms with Crippen molar-refractivity contribution in [1.82, 2.24) is 43.6 Å². The Morgan fingerprint density at radius 1 is 0.268 bits per heavy atom. The van der Waals surface area contributed by atoms with E-state index in [-0.39, 0.29) is 94.9 Å². The molecule has 0 unspecified atom stereocenters. The summed E-state index contributed by atoms with van der Waals surface area (Å²) >= 11 is 0. The second-order valence-corrected chi connectivity index (χ2v) is 36.9. The van der Waals surface area contributed by atoms with Crippen LogP contribution in [0.5, 0.6) is 0 Å². The number of aliphatic hydroxyl groups is 3. The molecule has 0 saturated carbocycles. The molecule has 20 aromatic rings. The van der Waals surface area contributed by atoms with Gasteiger partial charge in [0.15, 0.2) is 17.3 Å². The first kappa shape index (κ1) is 118. The summed E-state index contributed by atoms with van der Waals surface area (Å²) in [5, 5.41) is 29.8. The standard InChI is InChI=1S/2C25H25N2.C21H23N2.3C15H10N.3C5H8O2.3Ir/c2*1-17(2)20-13-10-14-21(18(3)4)24(20)27-23-16-9-8-15-22(23)26-25(27)19-11-6-5-7-12-19;1-15(2)18-11-8-12-19(16(3)4)20(18)23-14-13-22-21(23)17-9-6-5-7-10-17;1-2-7-13(8-3-1)15-14-9-5-4-6-12(14)10-11-16-15;2*1-2-6-12(7-3-1)15-11-10-13-8-4-5-9-14(13)16-15;3*1-4(6)3-5(2)7;;;/h2*5-11,13-18H,1-4H3;5-9,11-16H,1-4H3;1-7,9-11H;2*1-6,8-11H;3*3,6H,1-2H3;;;/q6*-1;;;;;;. The molecular weight excluding hydrogens is 2370 g/mol. The normalized spacial score (nSPS) is 11.0. The first-order chi connectivity index (χ1) is 70.4. The van der Waals surface area contributed by atoms with Crippen molar-refractivity contribution in [2.24, 2.45) is 0 Å². The average molecular weight is 2500 g/mol. The molecular formula is C131H127Ir3N9O6-6. The number of carbonyl (C=O) groups excluding carboxylic acids is 3. The van der Waals surface area contributed by atoms with Crippen molar-refractivity contribution < 1.29 is 90.0 Å². The van der Waals surface area contributed by atoms with Gasteiger partial charge in [-0.15, -0.1) is 215 Å². The Labute approximate surface area is 919 Å². The Hall–Kier alpha value is -15.0. The van der Waals surface area contributed by atoms with Crippen LogP contribution in [-0.4, -0.2) is 76.3 Å². The van der Waals surface area contributed by atoms with Gasteiger partial charge in [0.1, 0.15) is 0 Å². The fourth-order valence-corrected chi connectivity index (χ4v) is 16.8. The predicted octanol–water partition coefficient (Wildman–Crippen LogP) is 33.3. The summed E-state index contributed by atoms with van der Waals surface area (Å²) < 4.78 is 6.90. The number of carbonyl (C=O) groups is 3. The van der Waals surface area contributed by atoms with Crippen LogP contribution in [0.1, 0.15) is 194 Å². The van der Waals surface area contributed by atoms with Crippen LogP contribution in [-0.2, 0) is 74.7 Å². The molecule has 14 aromatic carbocycles. The van der Waals surface area contributed by atoms with Crippen molar-refractivity contribution in [2.45, 2.75) is 160 Å². The van der Waals surface area contributed by atoms with Crippen molar-refractivity contribution in [3.8, 4) is 85.0 Å². The van der Waals surface area contributed by atoms with E-state index in [1.165, 1.54) is 132 Å². The number of aromatic nitrogens is 9. The van der Waals surface area contributed by atoms with Crippen LogP contribution in [0.2, 0.25) is 0 Å². The average Bonchev–Trinajstić information content (AvgIpc) is 1.57. The molecule has 6 aromatic heterocycles. The number of aliphatic hydroxyl groups excluding tert-OH is 3. The van der Waals surface area contributed by atoms with Crippen molar-refractivity contribution in [2.75, 3.05) is 0 Å². The molecule has 0 amide bonds. The van der Waals surface area contributed by atoms with Crippen LogP contribution in [0, 0.1) is 36.4 Å². The maximum atomic E-state index is 10.0. The van der Waals surface area contributed by atoms with E-state index >= 15 is 0 Å². The molecule has 149 heavy (non-hydrogen) atoms. The molecule has 18 heteroatoms. The molecule has 0 bridgehead atoms. The number of ketones is 3. The third-order valence-corrected chi connectivity index (χ3v) is 23.4. The third kappa shape index (κ3) is 32.8. The summed E-state index contributed by atoms with van der Waals surface area (Å²) in [6.07, 6.45) is 9.28. The van der Waals surface area contributed by atoms with Crippen LogP contribution in [0.15, 0.2) is 406 Å². The second kappa shape index (κ2) is 58.5. The number of pyridine rings is 3. The van der Waals surface area contributed by atoms with Crippen molar-refractivity contribution >= 4 is 72.0 Å². The molecule has 0 aliphatic rings. The van der Waals surface area contributed by atoms with E-state index in [2.05, 4.69) is 317 Å². The Morgan fingerprint density at radius 3 is 0.872 bits per heavy atom. The number of allylic oxidation sites excluding steroid dienone is 6. The van der Waals surface area contributed by atoms with Crippen LogP contribution in [0.4, 0.5) is 0 Å². The molecule has 20 rings (SSSR count). The van der Waals surface area contributed by atoms with E-state index in [0.717, 1.165) is 101 Å². The van der Waals surface area contributed by atoms with Crippen LogP contribution < -0.4 is 0 Å². The first-order valence-electron chi connectivity index (χ1n) is 49.3. The van der Waals surface area contributed by atoms with E-state index in [1.54, 1.807) is 0 Å². The maximum Gasteiger partial charge on any atom is 0.155 e. The first-order valence-corrected chi connectivity index (χ1v) is 49.3. The minimum atomic E-state index is -0.125. The number of hydrogen-bond acceptors (Lipinski definition) is 12. The Bertz CT molecular complexity index is 7330. The number of para-hydroxylation sites is 9. The summed E-state index contributed by atoms with van der Waals surface area (Å²) in [6, 6.07) is 139. The predicted molar refractivity (Wildman–Crippen MR) is 602 cm³/mol. The second-order valence-electron chi connectivity index (χ2n) is 36.9. The van der Waals surface area contributed by atoms with Gasteiger partial charge in [0.05, 0.1) is 67.9 Å². The van der Waals surface area contributed by atoms with Gasteiger partial charge in [-0.1, -0.05) is 247 Å². The number of nitrogens with zero attached hydrogens (tertiary/aromatic N) is 9. The minimum absolute atomic E-state index is 0. The van der Waals surface area contributed by atoms with Gasteiger partial charge in [0, 0.05) is 114 Å². The summed E-state index contributed by atoms with van der Waals surface area (Å²) in [5.74, 6) is 5.27. The zero-order valence-corrected chi connectivity index (χ0v) is 94.7. The molecule has 6 heterocycles. The SMILES string of the molecule is CC(=O)C=C(C)O.CC(=O)C=C(C)O.CC(=O)C=C(C)O.CC(C)c1cccc(C(C)C)c1-n1c(-c2[c-]cccc2)nc2ccccc21.CC(C)c1cccc(C(C)C)c1-n1c(-c2[c-]cccc2)nc2ccccc21.CC(C)c1cccc(C(C)C)c1-n1ccnc1-c1[c-]cccc1.[Ir].[Ir].[Ir].[c-]1ccccc1-c1ccc2ccccc2n1.[c-]1ccccc1-c1ccc2ccccc2n1.[c-]1ccccc1-c1nccc2ccccc12. The fraction of sp³-hybridized carbons (Fsp3) is 0.183. The topological polar surface area (TPSA) is 204 Å². The Kier molecular flexibility index (Phi) is 46.2. The minimum Gasteiger partial charge on any atom is -0.512 e. The number of rotatable bonds is 18. The Balaban J connectivity index is 0.000000192. The maximum absolute atomic E-state index is 10.0. The molecule has 0 fully saturated rings. The zero-order valence-electron chi connectivity index (χ0n) is 87.5. The monoisotopic (exact) mass is 2500 g/mol. The number of imidazole rings is 3. The quantitative estimate of drug-likeness (QED) is 0.0417. The summed E-state index contributed by atoms with van der Waals surface area (Å²) in [5.41, 5.74) is 27.4. The molecule has 765 valence electrons. The number of fused-ring (bicyclic) bond motifs is 5. The van der Waals surface area contributed by atoms with E-state index in [9.17, 15) is 14.4 Å².